The molecule has 5 nitrogen and oxygen atoms in total. The highest BCUT2D eigenvalue weighted by atomic mass is 35.5. The van der Waals surface area contributed by atoms with Crippen LogP contribution in [0.5, 0.6) is 0 Å². The summed E-state index contributed by atoms with van der Waals surface area (Å²) in [6, 6.07) is 10.7. The second kappa shape index (κ2) is 8.42. The van der Waals surface area contributed by atoms with E-state index in [0.29, 0.717) is 22.8 Å². The Morgan fingerprint density at radius 2 is 1.82 bits per heavy atom. The van der Waals surface area contributed by atoms with E-state index < -0.39 is 0 Å². The first-order valence-corrected chi connectivity index (χ1v) is 10.7. The van der Waals surface area contributed by atoms with Gasteiger partial charge in [-0.3, -0.25) is 9.80 Å². The largest absolute Gasteiger partial charge is 0.303 e. The van der Waals surface area contributed by atoms with Gasteiger partial charge in [0.25, 0.3) is 0 Å². The number of thiophene rings is 1. The minimum Gasteiger partial charge on any atom is -0.303 e. The molecule has 1 aliphatic rings. The van der Waals surface area contributed by atoms with Gasteiger partial charge < -0.3 is 4.57 Å². The van der Waals surface area contributed by atoms with Gasteiger partial charge in [0.15, 0.2) is 10.6 Å². The van der Waals surface area contributed by atoms with Crippen LogP contribution < -0.4 is 0 Å². The standard InChI is InChI=1S/C19H21ClFN5S2/c1-23-18(15-4-2-3-5-16(15)21)22-26(19(23)27)13-25-10-8-24(9-11-25)12-14-6-7-17(20)28-14/h2-7H,8-13H2,1H3. The minimum absolute atomic E-state index is 0.292. The second-order valence-electron chi connectivity index (χ2n) is 6.89. The molecule has 0 aliphatic carbocycles. The van der Waals surface area contributed by atoms with Crippen LogP contribution >= 0.6 is 35.2 Å². The van der Waals surface area contributed by atoms with E-state index in [1.54, 1.807) is 38.8 Å². The number of hydrogen-bond donors (Lipinski definition) is 0. The summed E-state index contributed by atoms with van der Waals surface area (Å²) in [6.45, 7) is 5.39. The van der Waals surface area contributed by atoms with Gasteiger partial charge in [0, 0.05) is 44.6 Å². The molecule has 148 valence electrons. The molecule has 0 N–H and O–H groups in total. The number of benzene rings is 1. The number of piperazine rings is 1. The van der Waals surface area contributed by atoms with E-state index in [1.165, 1.54) is 10.9 Å². The average molecular weight is 438 g/mol. The Morgan fingerprint density at radius 1 is 1.11 bits per heavy atom. The van der Waals surface area contributed by atoms with Crippen LogP contribution in [0.3, 0.4) is 0 Å². The van der Waals surface area contributed by atoms with Gasteiger partial charge in [-0.05, 0) is 36.5 Å². The maximum absolute atomic E-state index is 14.2. The van der Waals surface area contributed by atoms with Crippen LogP contribution in [0, 0.1) is 10.6 Å². The third-order valence-corrected chi connectivity index (χ3v) is 6.66. The molecule has 0 bridgehead atoms. The Kier molecular flexibility index (Phi) is 5.93. The van der Waals surface area contributed by atoms with Gasteiger partial charge in [-0.25, -0.2) is 9.07 Å². The molecule has 3 heterocycles. The highest BCUT2D eigenvalue weighted by Gasteiger charge is 2.20. The molecule has 28 heavy (non-hydrogen) atoms. The molecule has 1 saturated heterocycles. The summed E-state index contributed by atoms with van der Waals surface area (Å²) in [5, 5.41) is 4.59. The monoisotopic (exact) mass is 437 g/mol. The lowest BCUT2D eigenvalue weighted by Crippen LogP contribution is -2.46. The first-order valence-electron chi connectivity index (χ1n) is 9.09. The summed E-state index contributed by atoms with van der Waals surface area (Å²) in [5.74, 6) is 0.261. The van der Waals surface area contributed by atoms with Crippen molar-refractivity contribution < 1.29 is 4.39 Å². The van der Waals surface area contributed by atoms with Crippen molar-refractivity contribution in [2.75, 3.05) is 26.2 Å². The summed E-state index contributed by atoms with van der Waals surface area (Å²) in [6.07, 6.45) is 0. The van der Waals surface area contributed by atoms with Gasteiger partial charge in [0.2, 0.25) is 0 Å². The lowest BCUT2D eigenvalue weighted by Gasteiger charge is -2.34. The molecule has 0 spiro atoms. The van der Waals surface area contributed by atoms with Crippen LogP contribution in [-0.4, -0.2) is 50.3 Å². The number of aromatic nitrogens is 3. The van der Waals surface area contributed by atoms with E-state index in [1.807, 2.05) is 13.1 Å². The third kappa shape index (κ3) is 4.21. The Labute approximate surface area is 177 Å². The van der Waals surface area contributed by atoms with Crippen LogP contribution in [-0.2, 0) is 20.3 Å². The normalized spacial score (nSPS) is 16.0. The zero-order valence-electron chi connectivity index (χ0n) is 15.5. The molecule has 2 aromatic heterocycles. The molecule has 0 amide bonds. The molecular formula is C19H21ClFN5S2. The predicted octanol–water partition coefficient (Wildman–Crippen LogP) is 4.25. The van der Waals surface area contributed by atoms with Crippen LogP contribution in [0.25, 0.3) is 11.4 Å². The predicted molar refractivity (Wildman–Crippen MR) is 114 cm³/mol. The average Bonchev–Trinajstić information content (AvgIpc) is 3.22. The SMILES string of the molecule is Cn1c(-c2ccccc2F)nn(CN2CCN(Cc3ccc(Cl)s3)CC2)c1=S. The smallest absolute Gasteiger partial charge is 0.199 e. The summed E-state index contributed by atoms with van der Waals surface area (Å²) in [5.41, 5.74) is 0.467. The fourth-order valence-electron chi connectivity index (χ4n) is 3.39. The van der Waals surface area contributed by atoms with E-state index in [4.69, 9.17) is 23.8 Å². The minimum atomic E-state index is -0.292. The van der Waals surface area contributed by atoms with Gasteiger partial charge in [-0.1, -0.05) is 23.7 Å². The maximum Gasteiger partial charge on any atom is 0.199 e. The lowest BCUT2D eigenvalue weighted by molar-refractivity contribution is 0.0987. The molecule has 1 fully saturated rings. The third-order valence-electron chi connectivity index (χ3n) is 4.96. The molecule has 4 rings (SSSR count). The molecular weight excluding hydrogens is 417 g/mol. The Hall–Kier alpha value is -1.58. The fourth-order valence-corrected chi connectivity index (χ4v) is 4.71. The number of rotatable bonds is 5. The summed E-state index contributed by atoms with van der Waals surface area (Å²) < 4.78 is 19.1. The molecule has 0 atom stereocenters. The van der Waals surface area contributed by atoms with Crippen LogP contribution in [0.1, 0.15) is 4.88 Å². The van der Waals surface area contributed by atoms with E-state index in [9.17, 15) is 4.39 Å². The van der Waals surface area contributed by atoms with Gasteiger partial charge in [-0.15, -0.1) is 11.3 Å². The van der Waals surface area contributed by atoms with E-state index in [-0.39, 0.29) is 5.82 Å². The number of nitrogens with zero attached hydrogens (tertiary/aromatic N) is 5. The van der Waals surface area contributed by atoms with Crippen molar-refractivity contribution in [1.29, 1.82) is 0 Å². The summed E-state index contributed by atoms with van der Waals surface area (Å²) in [7, 11) is 1.83. The van der Waals surface area contributed by atoms with Crippen molar-refractivity contribution in [3.8, 4) is 11.4 Å². The van der Waals surface area contributed by atoms with E-state index in [0.717, 1.165) is 37.1 Å². The molecule has 1 aromatic carbocycles. The molecule has 0 radical (unpaired) electrons. The highest BCUT2D eigenvalue weighted by Crippen LogP contribution is 2.23. The Balaban J connectivity index is 1.41. The summed E-state index contributed by atoms with van der Waals surface area (Å²) in [4.78, 5) is 6.05. The van der Waals surface area contributed by atoms with Gasteiger partial charge in [0.05, 0.1) is 16.6 Å². The van der Waals surface area contributed by atoms with Crippen molar-refractivity contribution in [1.82, 2.24) is 24.1 Å². The topological polar surface area (TPSA) is 29.2 Å². The summed E-state index contributed by atoms with van der Waals surface area (Å²) >= 11 is 13.2. The van der Waals surface area contributed by atoms with Crippen molar-refractivity contribution in [2.45, 2.75) is 13.2 Å². The number of hydrogen-bond acceptors (Lipinski definition) is 5. The maximum atomic E-state index is 14.2. The Bertz CT molecular complexity index is 1020. The Morgan fingerprint density at radius 3 is 2.50 bits per heavy atom. The zero-order chi connectivity index (χ0) is 19.7. The van der Waals surface area contributed by atoms with Crippen LogP contribution in [0.15, 0.2) is 36.4 Å². The fraction of sp³-hybridized carbons (Fsp3) is 0.368. The van der Waals surface area contributed by atoms with Crippen molar-refractivity contribution in [2.24, 2.45) is 7.05 Å². The van der Waals surface area contributed by atoms with Crippen LogP contribution in [0.2, 0.25) is 4.34 Å². The van der Waals surface area contributed by atoms with Gasteiger partial charge >= 0.3 is 0 Å². The molecule has 0 unspecified atom stereocenters. The first-order chi connectivity index (χ1) is 13.5. The number of halogens is 2. The van der Waals surface area contributed by atoms with Crippen molar-refractivity contribution in [3.05, 3.63) is 56.2 Å². The lowest BCUT2D eigenvalue weighted by atomic mass is 10.2. The van der Waals surface area contributed by atoms with Crippen LogP contribution in [0.4, 0.5) is 4.39 Å². The van der Waals surface area contributed by atoms with E-state index >= 15 is 0 Å². The second-order valence-corrected chi connectivity index (χ2v) is 9.05. The zero-order valence-corrected chi connectivity index (χ0v) is 17.9. The molecule has 9 heteroatoms. The molecule has 1 aliphatic heterocycles. The van der Waals surface area contributed by atoms with E-state index in [2.05, 4.69) is 21.0 Å². The molecule has 0 saturated carbocycles. The van der Waals surface area contributed by atoms with Gasteiger partial charge in [-0.2, -0.15) is 5.10 Å². The molecule has 3 aromatic rings. The van der Waals surface area contributed by atoms with Crippen molar-refractivity contribution in [3.63, 3.8) is 0 Å². The van der Waals surface area contributed by atoms with Gasteiger partial charge in [0.1, 0.15) is 5.82 Å². The quantitative estimate of drug-likeness (QED) is 0.558. The van der Waals surface area contributed by atoms with Crippen molar-refractivity contribution >= 4 is 35.2 Å². The first kappa shape index (κ1) is 19.7. The highest BCUT2D eigenvalue weighted by molar-refractivity contribution is 7.71.